The molecule has 0 spiro atoms. The third-order valence-electron chi connectivity index (χ3n) is 11.8. The summed E-state index contributed by atoms with van der Waals surface area (Å²) in [6.07, 6.45) is 4.85. The molecule has 0 bridgehead atoms. The zero-order chi connectivity index (χ0) is 41.1. The molecule has 306 valence electrons. The van der Waals surface area contributed by atoms with Crippen LogP contribution < -0.4 is 9.47 Å². The van der Waals surface area contributed by atoms with Gasteiger partial charge in [-0.2, -0.15) is 0 Å². The molecule has 0 radical (unpaired) electrons. The van der Waals surface area contributed by atoms with E-state index in [2.05, 4.69) is 56.0 Å². The van der Waals surface area contributed by atoms with Crippen LogP contribution in [0.4, 0.5) is 0 Å². The zero-order valence-electron chi connectivity index (χ0n) is 33.4. The first-order chi connectivity index (χ1) is 29.2. The van der Waals surface area contributed by atoms with Crippen molar-refractivity contribution in [2.75, 3.05) is 53.5 Å². The Balaban J connectivity index is 0.000000145. The molecule has 10 aromatic rings. The minimum Gasteiger partial charge on any atom is -0.489 e. The molecule has 8 nitrogen and oxygen atoms in total. The number of benzene rings is 6. The van der Waals surface area contributed by atoms with E-state index in [1.807, 2.05) is 72.8 Å². The van der Waals surface area contributed by atoms with Gasteiger partial charge >= 0.3 is 0 Å². The Morgan fingerprint density at radius 3 is 1.22 bits per heavy atom. The van der Waals surface area contributed by atoms with E-state index in [0.717, 1.165) is 128 Å². The van der Waals surface area contributed by atoms with Gasteiger partial charge in [0.2, 0.25) is 0 Å². The fraction of sp³-hybridized carbons (Fsp3) is 0.250. The van der Waals surface area contributed by atoms with Gasteiger partial charge in [-0.1, -0.05) is 52.8 Å². The number of ether oxygens (including phenoxy) is 2. The lowest BCUT2D eigenvalue weighted by Crippen LogP contribution is -2.33. The van der Waals surface area contributed by atoms with Crippen molar-refractivity contribution in [3.63, 3.8) is 0 Å². The van der Waals surface area contributed by atoms with E-state index in [1.54, 1.807) is 0 Å². The first-order valence-corrected chi connectivity index (χ1v) is 22.0. The number of nitrogens with zero attached hydrogens (tertiary/aromatic N) is 2. The first-order valence-electron chi connectivity index (χ1n) is 20.5. The highest BCUT2D eigenvalue weighted by atomic mass is 35.5. The number of piperidine rings is 1. The van der Waals surface area contributed by atoms with Gasteiger partial charge in [0.25, 0.3) is 0 Å². The molecule has 0 atom stereocenters. The molecule has 60 heavy (non-hydrogen) atoms. The summed E-state index contributed by atoms with van der Waals surface area (Å²) in [4.78, 5) is 18.9. The fourth-order valence-corrected chi connectivity index (χ4v) is 9.59. The Morgan fingerprint density at radius 1 is 0.483 bits per heavy atom. The topological polar surface area (TPSA) is 88.1 Å². The Kier molecular flexibility index (Phi) is 10.6. The normalized spacial score (nSPS) is 13.9. The van der Waals surface area contributed by atoms with E-state index < -0.39 is 0 Å². The van der Waals surface area contributed by atoms with Gasteiger partial charge in [-0.25, -0.2) is 0 Å². The Morgan fingerprint density at radius 2 is 0.850 bits per heavy atom. The zero-order valence-corrected chi connectivity index (χ0v) is 36.4. The monoisotopic (exact) mass is 876 g/mol. The molecule has 1 aliphatic heterocycles. The number of H-pyrrole nitrogens is 4. The van der Waals surface area contributed by atoms with Gasteiger partial charge in [0.05, 0.1) is 28.7 Å². The highest BCUT2D eigenvalue weighted by Gasteiger charge is 2.20. The van der Waals surface area contributed by atoms with Crippen LogP contribution in [0, 0.1) is 0 Å². The summed E-state index contributed by atoms with van der Waals surface area (Å²) in [7, 11) is 4.14. The molecule has 4 N–H and O–H groups in total. The third kappa shape index (κ3) is 7.37. The molecule has 1 fully saturated rings. The van der Waals surface area contributed by atoms with Crippen LogP contribution in [0.15, 0.2) is 84.9 Å². The average molecular weight is 879 g/mol. The molecule has 1 saturated heterocycles. The highest BCUT2D eigenvalue weighted by molar-refractivity contribution is 6.34. The quantitative estimate of drug-likeness (QED) is 0.109. The first kappa shape index (κ1) is 39.3. The van der Waals surface area contributed by atoms with Crippen LogP contribution in [0.5, 0.6) is 11.5 Å². The summed E-state index contributed by atoms with van der Waals surface area (Å²) in [6, 6.07) is 28.1. The van der Waals surface area contributed by atoms with Crippen LogP contribution in [-0.4, -0.2) is 83.2 Å². The molecule has 0 aliphatic carbocycles. The van der Waals surface area contributed by atoms with Crippen molar-refractivity contribution < 1.29 is 9.47 Å². The van der Waals surface area contributed by atoms with Gasteiger partial charge in [0.1, 0.15) is 6.61 Å². The number of nitrogens with one attached hydrogen (secondary N) is 4. The fourth-order valence-electron chi connectivity index (χ4n) is 8.90. The van der Waals surface area contributed by atoms with Gasteiger partial charge in [-0.3, -0.25) is 4.90 Å². The van der Waals surface area contributed by atoms with Crippen molar-refractivity contribution >= 4 is 134 Å². The second-order valence-electron chi connectivity index (χ2n) is 16.1. The molecule has 11 rings (SSSR count). The highest BCUT2D eigenvalue weighted by Crippen LogP contribution is 2.43. The molecular weight excluding hydrogens is 834 g/mol. The number of hydrogen-bond donors (Lipinski definition) is 4. The maximum Gasteiger partial charge on any atom is 0.167 e. The number of aromatic amines is 4. The summed E-state index contributed by atoms with van der Waals surface area (Å²) in [5, 5.41) is 11.7. The van der Waals surface area contributed by atoms with E-state index in [1.165, 1.54) is 32.4 Å². The molecule has 12 heteroatoms. The molecule has 1 aliphatic rings. The van der Waals surface area contributed by atoms with Crippen LogP contribution in [0.1, 0.15) is 25.7 Å². The predicted molar refractivity (Wildman–Crippen MR) is 255 cm³/mol. The minimum atomic E-state index is 0.638. The summed E-state index contributed by atoms with van der Waals surface area (Å²) in [6.45, 7) is 5.54. The maximum absolute atomic E-state index is 6.48. The Labute approximate surface area is 366 Å². The molecule has 0 amide bonds. The van der Waals surface area contributed by atoms with Crippen molar-refractivity contribution in [3.8, 4) is 11.5 Å². The van der Waals surface area contributed by atoms with E-state index in [-0.39, 0.29) is 0 Å². The smallest absolute Gasteiger partial charge is 0.167 e. The van der Waals surface area contributed by atoms with Gasteiger partial charge in [-0.15, -0.1) is 0 Å². The van der Waals surface area contributed by atoms with E-state index in [0.29, 0.717) is 23.3 Å². The lowest BCUT2D eigenvalue weighted by Gasteiger charge is -2.26. The summed E-state index contributed by atoms with van der Waals surface area (Å²) in [5.74, 6) is 1.71. The van der Waals surface area contributed by atoms with Crippen molar-refractivity contribution in [1.82, 2.24) is 29.7 Å². The van der Waals surface area contributed by atoms with E-state index in [9.17, 15) is 0 Å². The third-order valence-corrected chi connectivity index (χ3v) is 12.7. The van der Waals surface area contributed by atoms with Crippen molar-refractivity contribution in [2.24, 2.45) is 0 Å². The lowest BCUT2D eigenvalue weighted by molar-refractivity contribution is 0.185. The summed E-state index contributed by atoms with van der Waals surface area (Å²) < 4.78 is 12.8. The molecule has 0 unspecified atom stereocenters. The van der Waals surface area contributed by atoms with Crippen molar-refractivity contribution in [3.05, 3.63) is 105 Å². The summed E-state index contributed by atoms with van der Waals surface area (Å²) in [5.41, 5.74) is 8.15. The van der Waals surface area contributed by atoms with Gasteiger partial charge in [0, 0.05) is 98.3 Å². The largest absolute Gasteiger partial charge is 0.489 e. The molecule has 0 saturated carbocycles. The van der Waals surface area contributed by atoms with Crippen molar-refractivity contribution in [2.45, 2.75) is 25.7 Å². The predicted octanol–water partition coefficient (Wildman–Crippen LogP) is 13.7. The molecule has 6 aromatic carbocycles. The van der Waals surface area contributed by atoms with E-state index in [4.69, 9.17) is 55.9 Å². The van der Waals surface area contributed by atoms with Crippen LogP contribution in [0.25, 0.3) is 87.2 Å². The Hall–Kier alpha value is -4.80. The molecular formula is C48H44Cl4N6O2. The molecule has 5 heterocycles. The van der Waals surface area contributed by atoms with Gasteiger partial charge in [0.15, 0.2) is 11.5 Å². The minimum absolute atomic E-state index is 0.638. The Bertz CT molecular complexity index is 3040. The SMILES string of the molecule is CN(C)CCCOc1c2[nH]c3ccc(Cl)cc3c2cc2c1[nH]c1ccc(Cl)cc12.Clc1ccc2[nH]c3c(OCCN4CCCCC4)c4[nH]c5ccc(Cl)cc5c4cc3c2c1. The molecule has 4 aromatic heterocycles. The second kappa shape index (κ2) is 16.2. The standard InChI is InChI=1S/C25H23Cl2N3O.C23H21Cl2N3O/c26-15-4-6-21-17(12-15)19-14-20-18-13-16(27)5-7-22(18)29-24(20)25(23(19)28-21)31-11-10-30-8-2-1-3-9-30;1-28(2)8-3-9-29-23-21-17(15-10-13(24)4-6-19(15)26-21)12-18-16-11-14(25)5-7-20(16)27-22(18)23/h4-7,12-14,28-29H,1-3,8-11H2;4-7,10-12,26-27H,3,8-9H2,1-2H3. The number of halogens is 4. The van der Waals surface area contributed by atoms with Crippen LogP contribution in [0.3, 0.4) is 0 Å². The number of hydrogen-bond acceptors (Lipinski definition) is 4. The average Bonchev–Trinajstić information content (AvgIpc) is 4.00. The van der Waals surface area contributed by atoms with Gasteiger partial charge in [-0.05, 0) is 131 Å². The number of aromatic nitrogens is 4. The lowest BCUT2D eigenvalue weighted by atomic mass is 10.1. The number of fused-ring (bicyclic) bond motifs is 12. The maximum atomic E-state index is 6.48. The van der Waals surface area contributed by atoms with Crippen LogP contribution in [-0.2, 0) is 0 Å². The second-order valence-corrected chi connectivity index (χ2v) is 17.9. The van der Waals surface area contributed by atoms with Gasteiger partial charge < -0.3 is 34.3 Å². The number of likely N-dealkylation sites (tertiary alicyclic amines) is 1. The van der Waals surface area contributed by atoms with Crippen molar-refractivity contribution in [1.29, 1.82) is 0 Å². The number of rotatable bonds is 9. The van der Waals surface area contributed by atoms with Crippen LogP contribution >= 0.6 is 46.4 Å². The van der Waals surface area contributed by atoms with E-state index >= 15 is 0 Å². The summed E-state index contributed by atoms with van der Waals surface area (Å²) >= 11 is 25.2. The van der Waals surface area contributed by atoms with Crippen LogP contribution in [0.2, 0.25) is 20.1 Å².